The molecule has 3 aromatic carbocycles. The van der Waals surface area contributed by atoms with Gasteiger partial charge in [-0.25, -0.2) is 0 Å². The largest absolute Gasteiger partial charge is 0.429 e. The summed E-state index contributed by atoms with van der Waals surface area (Å²) < 4.78 is 66.9. The van der Waals surface area contributed by atoms with Gasteiger partial charge in [-0.1, -0.05) is 11.8 Å². The van der Waals surface area contributed by atoms with Crippen LogP contribution in [0.2, 0.25) is 0 Å². The summed E-state index contributed by atoms with van der Waals surface area (Å²) in [5.41, 5.74) is 0.291. The Balaban J connectivity index is 1.70. The molecule has 0 atom stereocenters. The summed E-state index contributed by atoms with van der Waals surface area (Å²) >= 11 is 0. The molecule has 0 amide bonds. The number of halogens is 4. The van der Waals surface area contributed by atoms with Gasteiger partial charge >= 0.3 is 12.2 Å². The summed E-state index contributed by atoms with van der Waals surface area (Å²) in [7, 11) is 0. The maximum absolute atomic E-state index is 14.4. The highest BCUT2D eigenvalue weighted by Gasteiger charge is 2.36. The van der Waals surface area contributed by atoms with Gasteiger partial charge in [0.2, 0.25) is 0 Å². The van der Waals surface area contributed by atoms with Gasteiger partial charge in [0.1, 0.15) is 11.5 Å². The SMILES string of the molecule is C#Cc1ccc(C(F)(F)Oc2ccc(OC(F)(F)c3ccc(C#CC)cc3)cc2)cc1. The molecular weight excluding hydrogens is 408 g/mol. The van der Waals surface area contributed by atoms with E-state index < -0.39 is 17.8 Å². The third kappa shape index (κ3) is 5.38. The maximum atomic E-state index is 14.4. The molecule has 0 saturated carbocycles. The van der Waals surface area contributed by atoms with Crippen molar-refractivity contribution in [3.63, 3.8) is 0 Å². The van der Waals surface area contributed by atoms with E-state index in [1.165, 1.54) is 36.4 Å². The number of benzene rings is 3. The molecule has 0 N–H and O–H groups in total. The number of hydrogen-bond donors (Lipinski definition) is 0. The van der Waals surface area contributed by atoms with Crippen LogP contribution in [0.25, 0.3) is 0 Å². The summed E-state index contributed by atoms with van der Waals surface area (Å²) in [5.74, 6) is 7.34. The van der Waals surface area contributed by atoms with Crippen LogP contribution in [0.3, 0.4) is 0 Å². The zero-order valence-corrected chi connectivity index (χ0v) is 16.3. The van der Waals surface area contributed by atoms with Crippen molar-refractivity contribution < 1.29 is 27.0 Å². The molecule has 0 aliphatic rings. The first-order chi connectivity index (χ1) is 14.7. The molecule has 31 heavy (non-hydrogen) atoms. The Kier molecular flexibility index (Phi) is 6.22. The molecule has 0 unspecified atom stereocenters. The molecule has 156 valence electrons. The summed E-state index contributed by atoms with van der Waals surface area (Å²) in [6.07, 6.45) is -2.05. The van der Waals surface area contributed by atoms with Gasteiger partial charge in [0.15, 0.2) is 0 Å². The predicted octanol–water partition coefficient (Wildman–Crippen LogP) is 6.30. The minimum Gasteiger partial charge on any atom is -0.429 e. The van der Waals surface area contributed by atoms with Crippen molar-refractivity contribution in [2.24, 2.45) is 0 Å². The van der Waals surface area contributed by atoms with Crippen molar-refractivity contribution in [1.29, 1.82) is 0 Å². The van der Waals surface area contributed by atoms with Crippen LogP contribution in [0.4, 0.5) is 17.6 Å². The second-order valence-corrected chi connectivity index (χ2v) is 6.38. The third-order valence-corrected chi connectivity index (χ3v) is 4.19. The standard InChI is InChI=1S/C25H16F4O2/c1-3-5-19-8-12-21(13-9-19)25(28,29)31-23-16-14-22(15-17-23)30-24(26,27)20-10-6-18(4-2)7-11-20/h2,6-17H,1H3. The third-order valence-electron chi connectivity index (χ3n) is 4.19. The van der Waals surface area contributed by atoms with Crippen LogP contribution in [0, 0.1) is 24.2 Å². The molecule has 0 radical (unpaired) electrons. The molecule has 0 fully saturated rings. The number of ether oxygens (including phenoxy) is 2. The van der Waals surface area contributed by atoms with Crippen LogP contribution in [-0.4, -0.2) is 0 Å². The van der Waals surface area contributed by atoms with Crippen LogP contribution in [0.15, 0.2) is 72.8 Å². The van der Waals surface area contributed by atoms with Gasteiger partial charge in [-0.3, -0.25) is 0 Å². The predicted molar refractivity (Wildman–Crippen MR) is 109 cm³/mol. The normalized spacial score (nSPS) is 11.1. The average Bonchev–Trinajstić information content (AvgIpc) is 2.75. The number of alkyl halides is 4. The number of terminal acetylenes is 1. The minimum atomic E-state index is -3.64. The van der Waals surface area contributed by atoms with Gasteiger partial charge in [-0.2, -0.15) is 17.6 Å². The first kappa shape index (κ1) is 21.8. The zero-order valence-electron chi connectivity index (χ0n) is 16.3. The van der Waals surface area contributed by atoms with E-state index in [9.17, 15) is 17.6 Å². The maximum Gasteiger partial charge on any atom is 0.426 e. The lowest BCUT2D eigenvalue weighted by Gasteiger charge is -2.20. The first-order valence-electron chi connectivity index (χ1n) is 9.08. The van der Waals surface area contributed by atoms with Gasteiger partial charge in [-0.15, -0.1) is 12.3 Å². The van der Waals surface area contributed by atoms with Crippen molar-refractivity contribution in [2.75, 3.05) is 0 Å². The van der Waals surface area contributed by atoms with Crippen molar-refractivity contribution in [1.82, 2.24) is 0 Å². The summed E-state index contributed by atoms with van der Waals surface area (Å²) in [4.78, 5) is 0. The van der Waals surface area contributed by atoms with E-state index in [0.29, 0.717) is 11.1 Å². The Bertz CT molecular complexity index is 1130. The fraction of sp³-hybridized carbons (Fsp3) is 0.120. The van der Waals surface area contributed by atoms with Gasteiger partial charge in [-0.05, 0) is 79.7 Å². The number of rotatable bonds is 6. The van der Waals surface area contributed by atoms with E-state index in [1.807, 2.05) is 0 Å². The van der Waals surface area contributed by atoms with Gasteiger partial charge in [0.05, 0.1) is 11.1 Å². The van der Waals surface area contributed by atoms with E-state index in [4.69, 9.17) is 15.9 Å². The van der Waals surface area contributed by atoms with Crippen LogP contribution >= 0.6 is 0 Å². The van der Waals surface area contributed by atoms with Crippen LogP contribution < -0.4 is 9.47 Å². The monoisotopic (exact) mass is 424 g/mol. The molecule has 3 aromatic rings. The van der Waals surface area contributed by atoms with Crippen molar-refractivity contribution in [2.45, 2.75) is 19.1 Å². The highest BCUT2D eigenvalue weighted by atomic mass is 19.3. The average molecular weight is 424 g/mol. The summed E-state index contributed by atoms with van der Waals surface area (Å²) in [6.45, 7) is 1.64. The van der Waals surface area contributed by atoms with Crippen molar-refractivity contribution >= 4 is 0 Å². The Hall–Kier alpha value is -3.90. The van der Waals surface area contributed by atoms with E-state index in [1.54, 1.807) is 6.92 Å². The molecule has 6 heteroatoms. The van der Waals surface area contributed by atoms with E-state index in [-0.39, 0.29) is 17.1 Å². The topological polar surface area (TPSA) is 18.5 Å². The molecule has 0 heterocycles. The molecular formula is C25H16F4O2. The molecule has 3 rings (SSSR count). The lowest BCUT2D eigenvalue weighted by Crippen LogP contribution is -2.22. The minimum absolute atomic E-state index is 0.212. The lowest BCUT2D eigenvalue weighted by atomic mass is 10.1. The van der Waals surface area contributed by atoms with Gasteiger partial charge < -0.3 is 9.47 Å². The molecule has 0 aliphatic heterocycles. The van der Waals surface area contributed by atoms with Crippen LogP contribution in [-0.2, 0) is 12.2 Å². The second kappa shape index (κ2) is 8.85. The van der Waals surface area contributed by atoms with E-state index >= 15 is 0 Å². The van der Waals surface area contributed by atoms with Crippen LogP contribution in [0.5, 0.6) is 11.5 Å². The summed E-state index contributed by atoms with van der Waals surface area (Å²) in [6, 6.07) is 14.9. The van der Waals surface area contributed by atoms with Crippen molar-refractivity contribution in [3.05, 3.63) is 95.1 Å². The Labute approximate surface area is 177 Å². The van der Waals surface area contributed by atoms with Gasteiger partial charge in [0, 0.05) is 11.1 Å². The highest BCUT2D eigenvalue weighted by molar-refractivity contribution is 5.38. The summed E-state index contributed by atoms with van der Waals surface area (Å²) in [5, 5.41) is 0. The first-order valence-corrected chi connectivity index (χ1v) is 9.08. The van der Waals surface area contributed by atoms with E-state index in [0.717, 1.165) is 36.4 Å². The molecule has 0 spiro atoms. The molecule has 0 aliphatic carbocycles. The quantitative estimate of drug-likeness (QED) is 0.342. The van der Waals surface area contributed by atoms with Gasteiger partial charge in [0.25, 0.3) is 0 Å². The molecule has 2 nitrogen and oxygen atoms in total. The molecule has 0 aromatic heterocycles. The Morgan fingerprint density at radius 2 is 1.03 bits per heavy atom. The molecule has 0 bridgehead atoms. The lowest BCUT2D eigenvalue weighted by molar-refractivity contribution is -0.188. The fourth-order valence-corrected chi connectivity index (χ4v) is 2.64. The van der Waals surface area contributed by atoms with Crippen LogP contribution in [0.1, 0.15) is 29.2 Å². The zero-order chi connectivity index (χ0) is 22.5. The second-order valence-electron chi connectivity index (χ2n) is 6.38. The Morgan fingerprint density at radius 1 is 0.645 bits per heavy atom. The fourth-order valence-electron chi connectivity index (χ4n) is 2.64. The smallest absolute Gasteiger partial charge is 0.426 e. The number of hydrogen-bond acceptors (Lipinski definition) is 2. The molecule has 0 saturated heterocycles. The Morgan fingerprint density at radius 3 is 1.39 bits per heavy atom. The highest BCUT2D eigenvalue weighted by Crippen LogP contribution is 2.35. The van der Waals surface area contributed by atoms with E-state index in [2.05, 4.69) is 17.8 Å². The van der Waals surface area contributed by atoms with Crippen molar-refractivity contribution in [3.8, 4) is 35.7 Å².